The lowest BCUT2D eigenvalue weighted by molar-refractivity contribution is 0.0867. The Balaban J connectivity index is 1.72. The summed E-state index contributed by atoms with van der Waals surface area (Å²) in [6.07, 6.45) is 0.726. The molecule has 1 aliphatic rings. The van der Waals surface area contributed by atoms with E-state index in [-0.39, 0.29) is 11.9 Å². The molecule has 5 heteroatoms. The fourth-order valence-electron chi connectivity index (χ4n) is 3.06. The summed E-state index contributed by atoms with van der Waals surface area (Å²) in [4.78, 5) is 17.3. The summed E-state index contributed by atoms with van der Waals surface area (Å²) in [6.45, 7) is 0. The Morgan fingerprint density at radius 2 is 1.83 bits per heavy atom. The van der Waals surface area contributed by atoms with Crippen LogP contribution < -0.4 is 0 Å². The molecule has 1 unspecified atom stereocenters. The monoisotopic (exact) mass is 432 g/mol. The van der Waals surface area contributed by atoms with Crippen molar-refractivity contribution in [3.05, 3.63) is 77.5 Å². The summed E-state index contributed by atoms with van der Waals surface area (Å²) in [7, 11) is 1.45. The number of fused-ring (bicyclic) bond motifs is 2. The Morgan fingerprint density at radius 3 is 2.70 bits per heavy atom. The minimum Gasteiger partial charge on any atom is -0.268 e. The highest BCUT2D eigenvalue weighted by Crippen LogP contribution is 2.42. The number of halogens is 1. The molecular formula is C18H13IN2OS. The maximum atomic E-state index is 12.5. The number of carbonyl (C=O) groups excluding carboxylic acids is 1. The van der Waals surface area contributed by atoms with Gasteiger partial charge in [0.25, 0.3) is 5.91 Å². The van der Waals surface area contributed by atoms with Crippen molar-refractivity contribution in [3.63, 3.8) is 0 Å². The zero-order valence-electron chi connectivity index (χ0n) is 12.1. The molecule has 0 bridgehead atoms. The lowest BCUT2D eigenvalue weighted by atomic mass is 10.0. The third-order valence-corrected chi connectivity index (χ3v) is 6.01. The van der Waals surface area contributed by atoms with E-state index in [9.17, 15) is 4.79 Å². The average Bonchev–Trinajstić information content (AvgIpc) is 2.87. The Bertz CT molecular complexity index is 899. The molecule has 2 aromatic carbocycles. The number of para-hydroxylation sites is 1. The second kappa shape index (κ2) is 6.13. The van der Waals surface area contributed by atoms with E-state index in [1.54, 1.807) is 0 Å². The van der Waals surface area contributed by atoms with Crippen LogP contribution in [0.1, 0.15) is 27.7 Å². The molecular weight excluding hydrogens is 419 g/mol. The van der Waals surface area contributed by atoms with Crippen LogP contribution in [0, 0.1) is 0 Å². The predicted octanol–water partition coefficient (Wildman–Crippen LogP) is 4.97. The average molecular weight is 432 g/mol. The zero-order chi connectivity index (χ0) is 15.8. The van der Waals surface area contributed by atoms with Gasteiger partial charge in [-0.25, -0.2) is 0 Å². The van der Waals surface area contributed by atoms with Crippen LogP contribution in [0.2, 0.25) is 0 Å². The van der Waals surface area contributed by atoms with Crippen LogP contribution >= 0.6 is 30.3 Å². The van der Waals surface area contributed by atoms with E-state index in [2.05, 4.69) is 39.4 Å². The number of amides is 1. The molecule has 1 aromatic heterocycles. The first-order valence-corrected chi connectivity index (χ1v) is 10.7. The highest BCUT2D eigenvalue weighted by Gasteiger charge is 2.36. The fourth-order valence-corrected chi connectivity index (χ4v) is 4.87. The van der Waals surface area contributed by atoms with Gasteiger partial charge in [-0.2, -0.15) is 0 Å². The van der Waals surface area contributed by atoms with E-state index < -0.39 is 0 Å². The number of pyridine rings is 1. The number of rotatable bonds is 3. The summed E-state index contributed by atoms with van der Waals surface area (Å²) in [5.41, 5.74) is 3.91. The van der Waals surface area contributed by atoms with Crippen LogP contribution in [0.15, 0.2) is 60.7 Å². The number of aromatic nitrogens is 1. The van der Waals surface area contributed by atoms with E-state index in [1.165, 1.54) is 9.12 Å². The molecule has 1 atom stereocenters. The maximum Gasteiger partial charge on any atom is 0.265 e. The van der Waals surface area contributed by atoms with Crippen LogP contribution in [0.25, 0.3) is 10.9 Å². The van der Waals surface area contributed by atoms with Crippen molar-refractivity contribution in [1.29, 1.82) is 0 Å². The first kappa shape index (κ1) is 15.0. The molecule has 0 saturated carbocycles. The van der Waals surface area contributed by atoms with Crippen molar-refractivity contribution in [2.24, 2.45) is 0 Å². The number of carbonyl (C=O) groups is 1. The fraction of sp³-hybridized carbons (Fsp3) is 0.111. The van der Waals surface area contributed by atoms with E-state index in [0.29, 0.717) is 0 Å². The minimum absolute atomic E-state index is 0.0364. The Kier molecular flexibility index (Phi) is 3.98. The summed E-state index contributed by atoms with van der Waals surface area (Å²) >= 11 is 2.18. The van der Waals surface area contributed by atoms with Gasteiger partial charge in [0, 0.05) is 53.4 Å². The molecule has 1 aliphatic heterocycles. The van der Waals surface area contributed by atoms with Crippen LogP contribution in [0.4, 0.5) is 0 Å². The molecule has 0 saturated heterocycles. The van der Waals surface area contributed by atoms with E-state index in [0.717, 1.165) is 34.1 Å². The van der Waals surface area contributed by atoms with Gasteiger partial charge in [0.05, 0.1) is 11.6 Å². The Hall–Kier alpha value is -1.60. The van der Waals surface area contributed by atoms with Crippen molar-refractivity contribution < 1.29 is 4.79 Å². The van der Waals surface area contributed by atoms with Gasteiger partial charge in [0.1, 0.15) is 0 Å². The molecule has 0 radical (unpaired) electrons. The zero-order valence-corrected chi connectivity index (χ0v) is 15.1. The number of hydrogen-bond donors (Lipinski definition) is 0. The third kappa shape index (κ3) is 2.61. The summed E-state index contributed by atoms with van der Waals surface area (Å²) in [5, 5.41) is 1.14. The smallest absolute Gasteiger partial charge is 0.265 e. The van der Waals surface area contributed by atoms with Crippen molar-refractivity contribution in [2.45, 2.75) is 12.5 Å². The van der Waals surface area contributed by atoms with Crippen molar-refractivity contribution in [2.75, 3.05) is 0 Å². The molecule has 0 spiro atoms. The molecule has 114 valence electrons. The molecule has 3 nitrogen and oxygen atoms in total. The molecule has 3 aromatic rings. The standard InChI is InChI=1S/C18H13IN2OS/c19-23-21-17(14-6-2-3-7-15(14)18(21)22)11-13-10-9-12-5-1-4-8-16(12)20-13/h1-10,17H,11H2. The molecule has 4 rings (SSSR count). The van der Waals surface area contributed by atoms with E-state index >= 15 is 0 Å². The summed E-state index contributed by atoms with van der Waals surface area (Å²) in [5.74, 6) is 0.0887. The second-order valence-corrected chi connectivity index (χ2v) is 7.22. The molecule has 1 amide bonds. The van der Waals surface area contributed by atoms with Crippen molar-refractivity contribution in [3.8, 4) is 0 Å². The lowest BCUT2D eigenvalue weighted by Crippen LogP contribution is -2.21. The number of nitrogens with zero attached hydrogens (tertiary/aromatic N) is 2. The van der Waals surface area contributed by atoms with Crippen LogP contribution in [0.5, 0.6) is 0 Å². The van der Waals surface area contributed by atoms with E-state index in [1.807, 2.05) is 46.8 Å². The normalized spacial score (nSPS) is 16.8. The van der Waals surface area contributed by atoms with Gasteiger partial charge in [-0.15, -0.1) is 0 Å². The van der Waals surface area contributed by atoms with Crippen molar-refractivity contribution in [1.82, 2.24) is 9.29 Å². The predicted molar refractivity (Wildman–Crippen MR) is 102 cm³/mol. The van der Waals surface area contributed by atoms with Gasteiger partial charge in [-0.1, -0.05) is 42.5 Å². The topological polar surface area (TPSA) is 33.2 Å². The molecule has 2 heterocycles. The van der Waals surface area contributed by atoms with Crippen LogP contribution in [-0.2, 0) is 6.42 Å². The first-order chi connectivity index (χ1) is 11.3. The van der Waals surface area contributed by atoms with Gasteiger partial charge in [0.15, 0.2) is 0 Å². The number of hydrogen-bond acceptors (Lipinski definition) is 3. The lowest BCUT2D eigenvalue weighted by Gasteiger charge is -2.21. The highest BCUT2D eigenvalue weighted by atomic mass is 127. The van der Waals surface area contributed by atoms with Crippen LogP contribution in [-0.4, -0.2) is 15.2 Å². The Morgan fingerprint density at radius 1 is 1.04 bits per heavy atom. The van der Waals surface area contributed by atoms with Crippen molar-refractivity contribution >= 4 is 47.1 Å². The van der Waals surface area contributed by atoms with Gasteiger partial charge in [-0.3, -0.25) is 14.1 Å². The number of benzene rings is 2. The molecule has 0 N–H and O–H groups in total. The van der Waals surface area contributed by atoms with Gasteiger partial charge in [-0.05, 0) is 23.8 Å². The van der Waals surface area contributed by atoms with E-state index in [4.69, 9.17) is 4.98 Å². The third-order valence-electron chi connectivity index (χ3n) is 4.17. The quantitative estimate of drug-likeness (QED) is 0.433. The van der Waals surface area contributed by atoms with Gasteiger partial charge < -0.3 is 0 Å². The molecule has 23 heavy (non-hydrogen) atoms. The highest BCUT2D eigenvalue weighted by molar-refractivity contribution is 14.2. The largest absolute Gasteiger partial charge is 0.268 e. The molecule has 0 fully saturated rings. The van der Waals surface area contributed by atoms with Gasteiger partial charge >= 0.3 is 0 Å². The maximum absolute atomic E-state index is 12.5. The Labute approximate surface area is 150 Å². The summed E-state index contributed by atoms with van der Waals surface area (Å²) < 4.78 is 1.85. The summed E-state index contributed by atoms with van der Waals surface area (Å²) in [6, 6.07) is 20.2. The second-order valence-electron chi connectivity index (χ2n) is 5.50. The van der Waals surface area contributed by atoms with Crippen LogP contribution in [0.3, 0.4) is 0 Å². The minimum atomic E-state index is 0.0364. The van der Waals surface area contributed by atoms with Gasteiger partial charge in [0.2, 0.25) is 0 Å². The SMILES string of the molecule is O=C1c2ccccc2C(Cc2ccc3ccccc3n2)N1SI. The first-order valence-electron chi connectivity index (χ1n) is 7.34. The molecule has 0 aliphatic carbocycles.